The van der Waals surface area contributed by atoms with Crippen LogP contribution in [-0.4, -0.2) is 0 Å². The summed E-state index contributed by atoms with van der Waals surface area (Å²) in [5.41, 5.74) is 2.80. The molecule has 0 atom stereocenters. The van der Waals surface area contributed by atoms with Gasteiger partial charge in [-0.2, -0.15) is 0 Å². The molecule has 0 bridgehead atoms. The fourth-order valence-electron chi connectivity index (χ4n) is 1.84. The zero-order chi connectivity index (χ0) is 11.4. The molecule has 0 aliphatic heterocycles. The van der Waals surface area contributed by atoms with E-state index in [0.717, 1.165) is 0 Å². The molecule has 0 radical (unpaired) electrons. The minimum atomic E-state index is 1.19. The standard InChI is InChI=1S/C15H18S/c1-12-6-9-14(10-7-12)4-3-5-15-11-8-13(2)16-15/h6-11H,3-5H2,1-2H3. The van der Waals surface area contributed by atoms with Crippen molar-refractivity contribution in [3.63, 3.8) is 0 Å². The molecule has 0 aliphatic carbocycles. The van der Waals surface area contributed by atoms with Crippen molar-refractivity contribution in [2.24, 2.45) is 0 Å². The highest BCUT2D eigenvalue weighted by atomic mass is 32.1. The molecule has 1 aromatic heterocycles. The number of hydrogen-bond acceptors (Lipinski definition) is 1. The summed E-state index contributed by atoms with van der Waals surface area (Å²) in [6, 6.07) is 13.4. The van der Waals surface area contributed by atoms with Gasteiger partial charge >= 0.3 is 0 Å². The van der Waals surface area contributed by atoms with Gasteiger partial charge in [-0.25, -0.2) is 0 Å². The van der Waals surface area contributed by atoms with Crippen LogP contribution in [-0.2, 0) is 12.8 Å². The largest absolute Gasteiger partial charge is 0.146 e. The summed E-state index contributed by atoms with van der Waals surface area (Å²) >= 11 is 1.93. The van der Waals surface area contributed by atoms with E-state index in [1.165, 1.54) is 40.1 Å². The van der Waals surface area contributed by atoms with Crippen LogP contribution in [0.5, 0.6) is 0 Å². The van der Waals surface area contributed by atoms with E-state index >= 15 is 0 Å². The van der Waals surface area contributed by atoms with Crippen LogP contribution in [0.1, 0.15) is 27.3 Å². The highest BCUT2D eigenvalue weighted by Crippen LogP contribution is 2.17. The van der Waals surface area contributed by atoms with Gasteiger partial charge < -0.3 is 0 Å². The molecule has 0 spiro atoms. The molecule has 0 N–H and O–H groups in total. The fraction of sp³-hybridized carbons (Fsp3) is 0.333. The highest BCUT2D eigenvalue weighted by Gasteiger charge is 1.98. The van der Waals surface area contributed by atoms with Crippen molar-refractivity contribution >= 4 is 11.3 Å². The Kier molecular flexibility index (Phi) is 3.79. The minimum absolute atomic E-state index is 1.19. The number of aryl methyl sites for hydroxylation is 4. The van der Waals surface area contributed by atoms with Gasteiger partial charge in [0.2, 0.25) is 0 Å². The molecule has 84 valence electrons. The van der Waals surface area contributed by atoms with Crippen LogP contribution in [0.25, 0.3) is 0 Å². The normalized spacial score (nSPS) is 10.6. The van der Waals surface area contributed by atoms with Gasteiger partial charge in [0.05, 0.1) is 0 Å². The molecule has 1 heterocycles. The minimum Gasteiger partial charge on any atom is -0.146 e. The van der Waals surface area contributed by atoms with Gasteiger partial charge in [-0.3, -0.25) is 0 Å². The van der Waals surface area contributed by atoms with Crippen LogP contribution in [0.2, 0.25) is 0 Å². The van der Waals surface area contributed by atoms with Gasteiger partial charge in [-0.05, 0) is 50.8 Å². The molecule has 0 saturated carbocycles. The van der Waals surface area contributed by atoms with E-state index < -0.39 is 0 Å². The van der Waals surface area contributed by atoms with Gasteiger partial charge in [0, 0.05) is 9.75 Å². The maximum absolute atomic E-state index is 2.26. The summed E-state index contributed by atoms with van der Waals surface area (Å²) in [6.07, 6.45) is 3.66. The van der Waals surface area contributed by atoms with Crippen LogP contribution < -0.4 is 0 Å². The average molecular weight is 230 g/mol. The van der Waals surface area contributed by atoms with Gasteiger partial charge in [0.1, 0.15) is 0 Å². The summed E-state index contributed by atoms with van der Waals surface area (Å²) in [6.45, 7) is 4.31. The zero-order valence-electron chi connectivity index (χ0n) is 9.99. The Bertz CT molecular complexity index is 437. The lowest BCUT2D eigenvalue weighted by molar-refractivity contribution is 0.831. The maximum Gasteiger partial charge on any atom is 0.00481 e. The lowest BCUT2D eigenvalue weighted by atomic mass is 10.1. The highest BCUT2D eigenvalue weighted by molar-refractivity contribution is 7.11. The molecule has 0 nitrogen and oxygen atoms in total. The number of benzene rings is 1. The first kappa shape index (κ1) is 11.4. The van der Waals surface area contributed by atoms with Crippen LogP contribution in [0.4, 0.5) is 0 Å². The molecule has 0 saturated heterocycles. The van der Waals surface area contributed by atoms with E-state index in [0.29, 0.717) is 0 Å². The topological polar surface area (TPSA) is 0 Å². The molecular weight excluding hydrogens is 212 g/mol. The van der Waals surface area contributed by atoms with Crippen molar-refractivity contribution in [1.29, 1.82) is 0 Å². The molecule has 0 fully saturated rings. The lowest BCUT2D eigenvalue weighted by Gasteiger charge is -2.01. The quantitative estimate of drug-likeness (QED) is 0.723. The van der Waals surface area contributed by atoms with Crippen LogP contribution in [0.15, 0.2) is 36.4 Å². The van der Waals surface area contributed by atoms with Crippen LogP contribution >= 0.6 is 11.3 Å². The third kappa shape index (κ3) is 3.21. The van der Waals surface area contributed by atoms with Crippen molar-refractivity contribution in [1.82, 2.24) is 0 Å². The average Bonchev–Trinajstić information content (AvgIpc) is 2.67. The predicted molar refractivity (Wildman–Crippen MR) is 72.3 cm³/mol. The second-order valence-corrected chi connectivity index (χ2v) is 5.72. The number of rotatable bonds is 4. The maximum atomic E-state index is 2.26. The monoisotopic (exact) mass is 230 g/mol. The third-order valence-electron chi connectivity index (χ3n) is 2.81. The summed E-state index contributed by atoms with van der Waals surface area (Å²) in [5, 5.41) is 0. The second-order valence-electron chi connectivity index (χ2n) is 4.35. The molecule has 0 aliphatic rings. The Labute approximate surface area is 102 Å². The Morgan fingerprint density at radius 1 is 0.875 bits per heavy atom. The molecule has 0 amide bonds. The van der Waals surface area contributed by atoms with Gasteiger partial charge in [-0.1, -0.05) is 29.8 Å². The van der Waals surface area contributed by atoms with E-state index in [-0.39, 0.29) is 0 Å². The number of hydrogen-bond donors (Lipinski definition) is 0. The Morgan fingerprint density at radius 2 is 1.62 bits per heavy atom. The van der Waals surface area contributed by atoms with Crippen molar-refractivity contribution < 1.29 is 0 Å². The third-order valence-corrected chi connectivity index (χ3v) is 3.87. The van der Waals surface area contributed by atoms with E-state index in [2.05, 4.69) is 50.2 Å². The van der Waals surface area contributed by atoms with E-state index in [1.54, 1.807) is 0 Å². The van der Waals surface area contributed by atoms with E-state index in [9.17, 15) is 0 Å². The van der Waals surface area contributed by atoms with Crippen molar-refractivity contribution in [2.45, 2.75) is 33.1 Å². The van der Waals surface area contributed by atoms with E-state index in [4.69, 9.17) is 0 Å². The molecule has 16 heavy (non-hydrogen) atoms. The van der Waals surface area contributed by atoms with Crippen molar-refractivity contribution in [3.05, 3.63) is 57.3 Å². The smallest absolute Gasteiger partial charge is 0.00481 e. The molecule has 1 heteroatoms. The first-order valence-corrected chi connectivity index (χ1v) is 6.66. The van der Waals surface area contributed by atoms with Gasteiger partial charge in [-0.15, -0.1) is 11.3 Å². The first-order chi connectivity index (χ1) is 7.74. The van der Waals surface area contributed by atoms with Crippen molar-refractivity contribution in [2.75, 3.05) is 0 Å². The van der Waals surface area contributed by atoms with Gasteiger partial charge in [0.15, 0.2) is 0 Å². The summed E-state index contributed by atoms with van der Waals surface area (Å²) in [7, 11) is 0. The van der Waals surface area contributed by atoms with Crippen molar-refractivity contribution in [3.8, 4) is 0 Å². The molecule has 1 aromatic carbocycles. The summed E-state index contributed by atoms with van der Waals surface area (Å²) in [5.74, 6) is 0. The molecule has 0 unspecified atom stereocenters. The lowest BCUT2D eigenvalue weighted by Crippen LogP contribution is -1.88. The Hall–Kier alpha value is -1.08. The fourth-order valence-corrected chi connectivity index (χ4v) is 2.77. The zero-order valence-corrected chi connectivity index (χ0v) is 10.8. The van der Waals surface area contributed by atoms with E-state index in [1.807, 2.05) is 11.3 Å². The summed E-state index contributed by atoms with van der Waals surface area (Å²) in [4.78, 5) is 2.94. The first-order valence-electron chi connectivity index (χ1n) is 5.85. The number of thiophene rings is 1. The van der Waals surface area contributed by atoms with Crippen LogP contribution in [0, 0.1) is 13.8 Å². The predicted octanol–water partition coefficient (Wildman–Crippen LogP) is 4.54. The van der Waals surface area contributed by atoms with Crippen LogP contribution in [0.3, 0.4) is 0 Å². The molecular formula is C15H18S. The molecule has 2 aromatic rings. The SMILES string of the molecule is Cc1ccc(CCCc2ccc(C)s2)cc1. The Balaban J connectivity index is 1.82. The van der Waals surface area contributed by atoms with Gasteiger partial charge in [0.25, 0.3) is 0 Å². The second kappa shape index (κ2) is 5.31. The molecule has 2 rings (SSSR count). The summed E-state index contributed by atoms with van der Waals surface area (Å²) < 4.78 is 0. The Morgan fingerprint density at radius 3 is 2.25 bits per heavy atom.